The quantitative estimate of drug-likeness (QED) is 0.720. The lowest BCUT2D eigenvalue weighted by molar-refractivity contribution is 0.122. The predicted molar refractivity (Wildman–Crippen MR) is 75.7 cm³/mol. The molecule has 0 heterocycles. The summed E-state index contributed by atoms with van der Waals surface area (Å²) in [6.45, 7) is 3.86. The van der Waals surface area contributed by atoms with Crippen molar-refractivity contribution in [1.29, 1.82) is 0 Å². The summed E-state index contributed by atoms with van der Waals surface area (Å²) in [5.41, 5.74) is 0.739. The van der Waals surface area contributed by atoms with Crippen LogP contribution in [0.2, 0.25) is 0 Å². The van der Waals surface area contributed by atoms with Crippen LogP contribution in [0.25, 0.3) is 0 Å². The van der Waals surface area contributed by atoms with Gasteiger partial charge in [-0.2, -0.15) is 0 Å². The summed E-state index contributed by atoms with van der Waals surface area (Å²) in [4.78, 5) is 2.33. The fraction of sp³-hybridized carbons (Fsp3) is 0.538. The monoisotopic (exact) mass is 286 g/mol. The van der Waals surface area contributed by atoms with Gasteiger partial charge in [-0.15, -0.1) is 0 Å². The minimum atomic E-state index is -3.43. The molecule has 0 fully saturated rings. The maximum Gasteiger partial charge on any atom is 0.240 e. The number of rotatable bonds is 8. The Labute approximate surface area is 115 Å². The van der Waals surface area contributed by atoms with Crippen molar-refractivity contribution in [3.63, 3.8) is 0 Å². The second kappa shape index (κ2) is 7.59. The van der Waals surface area contributed by atoms with E-state index in [0.717, 1.165) is 12.1 Å². The van der Waals surface area contributed by atoms with Gasteiger partial charge in [0.2, 0.25) is 10.0 Å². The number of sulfonamides is 1. The highest BCUT2D eigenvalue weighted by atomic mass is 32.2. The molecule has 1 aromatic carbocycles. The van der Waals surface area contributed by atoms with Crippen molar-refractivity contribution in [2.45, 2.75) is 11.8 Å². The first-order valence-electron chi connectivity index (χ1n) is 6.21. The average molecular weight is 286 g/mol. The number of hydrogen-bond acceptors (Lipinski definition) is 4. The van der Waals surface area contributed by atoms with Crippen LogP contribution in [0.5, 0.6) is 0 Å². The maximum absolute atomic E-state index is 12.0. The predicted octanol–water partition coefficient (Wildman–Crippen LogP) is 0.852. The normalized spacial score (nSPS) is 12.0. The molecule has 0 aliphatic carbocycles. The molecule has 0 radical (unpaired) electrons. The molecule has 0 aliphatic heterocycles. The smallest absolute Gasteiger partial charge is 0.240 e. The third-order valence-electron chi connectivity index (χ3n) is 2.60. The summed E-state index contributed by atoms with van der Waals surface area (Å²) in [5.74, 6) is 0. The van der Waals surface area contributed by atoms with Gasteiger partial charge >= 0.3 is 0 Å². The first-order chi connectivity index (χ1) is 8.93. The summed E-state index contributed by atoms with van der Waals surface area (Å²) in [6, 6.07) is 6.92. The molecule has 0 saturated carbocycles. The van der Waals surface area contributed by atoms with Gasteiger partial charge in [-0.25, -0.2) is 13.1 Å². The fourth-order valence-corrected chi connectivity index (χ4v) is 2.79. The van der Waals surface area contributed by atoms with Gasteiger partial charge in [-0.3, -0.25) is 0 Å². The number of aryl methyl sites for hydroxylation is 1. The van der Waals surface area contributed by atoms with Crippen LogP contribution in [0, 0.1) is 6.92 Å². The highest BCUT2D eigenvalue weighted by Gasteiger charge is 2.14. The molecule has 19 heavy (non-hydrogen) atoms. The molecule has 0 bridgehead atoms. The standard InChI is InChI=1S/C13H22N2O3S/c1-12-6-4-5-7-13(12)19(16,17)14-8-10-18-11-9-15(2)3/h4-7,14H,8-11H2,1-3H3. The van der Waals surface area contributed by atoms with Gasteiger partial charge in [0.15, 0.2) is 0 Å². The SMILES string of the molecule is Cc1ccccc1S(=O)(=O)NCCOCCN(C)C. The second-order valence-electron chi connectivity index (χ2n) is 4.58. The molecule has 1 rings (SSSR count). The van der Waals surface area contributed by atoms with E-state index >= 15 is 0 Å². The van der Waals surface area contributed by atoms with E-state index in [0.29, 0.717) is 18.1 Å². The van der Waals surface area contributed by atoms with Crippen molar-refractivity contribution in [2.24, 2.45) is 0 Å². The van der Waals surface area contributed by atoms with E-state index in [1.54, 1.807) is 25.1 Å². The van der Waals surface area contributed by atoms with Gasteiger partial charge in [-0.1, -0.05) is 18.2 Å². The zero-order chi connectivity index (χ0) is 14.3. The number of benzene rings is 1. The Morgan fingerprint density at radius 1 is 1.21 bits per heavy atom. The maximum atomic E-state index is 12.0. The number of ether oxygens (including phenoxy) is 1. The molecule has 0 unspecified atom stereocenters. The molecule has 1 aromatic rings. The van der Waals surface area contributed by atoms with Crippen LogP contribution >= 0.6 is 0 Å². The zero-order valence-electron chi connectivity index (χ0n) is 11.7. The van der Waals surface area contributed by atoms with Crippen LogP contribution in [0.3, 0.4) is 0 Å². The first kappa shape index (κ1) is 16.1. The Morgan fingerprint density at radius 2 is 1.89 bits per heavy atom. The summed E-state index contributed by atoms with van der Waals surface area (Å²) in [6.07, 6.45) is 0. The Balaban J connectivity index is 2.38. The minimum absolute atomic E-state index is 0.282. The van der Waals surface area contributed by atoms with E-state index in [1.165, 1.54) is 0 Å². The average Bonchev–Trinajstić information content (AvgIpc) is 2.33. The van der Waals surface area contributed by atoms with E-state index in [-0.39, 0.29) is 6.54 Å². The van der Waals surface area contributed by atoms with Crippen molar-refractivity contribution >= 4 is 10.0 Å². The molecular formula is C13H22N2O3S. The zero-order valence-corrected chi connectivity index (χ0v) is 12.5. The molecule has 0 atom stereocenters. The summed E-state index contributed by atoms with van der Waals surface area (Å²) >= 11 is 0. The number of hydrogen-bond donors (Lipinski definition) is 1. The van der Waals surface area contributed by atoms with Gasteiger partial charge in [-0.05, 0) is 32.6 Å². The Bertz CT molecular complexity index is 486. The van der Waals surface area contributed by atoms with Gasteiger partial charge in [0.1, 0.15) is 0 Å². The topological polar surface area (TPSA) is 58.6 Å². The van der Waals surface area contributed by atoms with E-state index < -0.39 is 10.0 Å². The number of likely N-dealkylation sites (N-methyl/N-ethyl adjacent to an activating group) is 1. The molecule has 1 N–H and O–H groups in total. The molecule has 108 valence electrons. The van der Waals surface area contributed by atoms with Crippen LogP contribution in [0.4, 0.5) is 0 Å². The van der Waals surface area contributed by atoms with Gasteiger partial charge < -0.3 is 9.64 Å². The number of nitrogens with zero attached hydrogens (tertiary/aromatic N) is 1. The third-order valence-corrected chi connectivity index (χ3v) is 4.23. The van der Waals surface area contributed by atoms with Gasteiger partial charge in [0.25, 0.3) is 0 Å². The van der Waals surface area contributed by atoms with Crippen molar-refractivity contribution < 1.29 is 13.2 Å². The molecule has 0 saturated heterocycles. The van der Waals surface area contributed by atoms with Crippen LogP contribution < -0.4 is 4.72 Å². The summed E-state index contributed by atoms with van der Waals surface area (Å²) in [5, 5.41) is 0. The lowest BCUT2D eigenvalue weighted by Crippen LogP contribution is -2.29. The lowest BCUT2D eigenvalue weighted by atomic mass is 10.2. The fourth-order valence-electron chi connectivity index (χ4n) is 1.53. The molecule has 0 amide bonds. The van der Waals surface area contributed by atoms with Crippen LogP contribution in [-0.4, -0.2) is 53.7 Å². The van der Waals surface area contributed by atoms with Crippen molar-refractivity contribution in [1.82, 2.24) is 9.62 Å². The Morgan fingerprint density at radius 3 is 2.53 bits per heavy atom. The molecular weight excluding hydrogens is 264 g/mol. The van der Waals surface area contributed by atoms with Crippen LogP contribution in [-0.2, 0) is 14.8 Å². The van der Waals surface area contributed by atoms with Crippen molar-refractivity contribution in [2.75, 3.05) is 40.4 Å². The van der Waals surface area contributed by atoms with E-state index in [1.807, 2.05) is 25.1 Å². The highest BCUT2D eigenvalue weighted by molar-refractivity contribution is 7.89. The van der Waals surface area contributed by atoms with Crippen LogP contribution in [0.1, 0.15) is 5.56 Å². The Hall–Kier alpha value is -0.950. The van der Waals surface area contributed by atoms with Gasteiger partial charge in [0.05, 0.1) is 18.1 Å². The largest absolute Gasteiger partial charge is 0.379 e. The van der Waals surface area contributed by atoms with E-state index in [2.05, 4.69) is 4.72 Å². The third kappa shape index (κ3) is 5.69. The molecule has 0 spiro atoms. The first-order valence-corrected chi connectivity index (χ1v) is 7.69. The minimum Gasteiger partial charge on any atom is -0.379 e. The lowest BCUT2D eigenvalue weighted by Gasteiger charge is -2.11. The molecule has 5 nitrogen and oxygen atoms in total. The van der Waals surface area contributed by atoms with Gasteiger partial charge in [0, 0.05) is 13.1 Å². The molecule has 0 aliphatic rings. The second-order valence-corrected chi connectivity index (χ2v) is 6.31. The van der Waals surface area contributed by atoms with Crippen molar-refractivity contribution in [3.8, 4) is 0 Å². The van der Waals surface area contributed by atoms with E-state index in [4.69, 9.17) is 4.74 Å². The Kier molecular flexibility index (Phi) is 6.44. The molecule has 6 heteroatoms. The highest BCUT2D eigenvalue weighted by Crippen LogP contribution is 2.13. The summed E-state index contributed by atoms with van der Waals surface area (Å²) in [7, 11) is 0.490. The van der Waals surface area contributed by atoms with Crippen LogP contribution in [0.15, 0.2) is 29.2 Å². The van der Waals surface area contributed by atoms with E-state index in [9.17, 15) is 8.42 Å². The molecule has 0 aromatic heterocycles. The van der Waals surface area contributed by atoms with Crippen molar-refractivity contribution in [3.05, 3.63) is 29.8 Å². The summed E-state index contributed by atoms with van der Waals surface area (Å²) < 4.78 is 31.9. The number of nitrogens with one attached hydrogen (secondary N) is 1.